The van der Waals surface area contributed by atoms with Crippen LogP contribution in [0.15, 0.2) is 36.4 Å². The summed E-state index contributed by atoms with van der Waals surface area (Å²) in [6.07, 6.45) is -0.886. The van der Waals surface area contributed by atoms with Gasteiger partial charge in [-0.15, -0.1) is 0 Å². The minimum atomic E-state index is -1.22. The maximum atomic E-state index is 12.4. The highest BCUT2D eigenvalue weighted by Gasteiger charge is 2.21. The van der Waals surface area contributed by atoms with Crippen molar-refractivity contribution in [3.05, 3.63) is 47.0 Å². The number of hydrogen-bond donors (Lipinski definition) is 2. The van der Waals surface area contributed by atoms with Crippen LogP contribution in [0, 0.1) is 0 Å². The quantitative estimate of drug-likeness (QED) is 0.765. The second-order valence-corrected chi connectivity index (χ2v) is 5.70. The zero-order valence-corrected chi connectivity index (χ0v) is 15.2. The van der Waals surface area contributed by atoms with Crippen LogP contribution >= 0.6 is 11.6 Å². The van der Waals surface area contributed by atoms with Crippen LogP contribution in [-0.2, 0) is 4.79 Å². The van der Waals surface area contributed by atoms with Crippen molar-refractivity contribution in [2.45, 2.75) is 13.0 Å². The molecule has 0 aliphatic heterocycles. The number of amides is 1. The number of benzene rings is 2. The Labute approximate surface area is 155 Å². The SMILES string of the molecule is COc1cc(NC(=O)[C@@H](C)Oc2cccc(Cl)c2)c(C(=O)O)cc1OC. The number of aromatic carboxylic acids is 1. The van der Waals surface area contributed by atoms with Gasteiger partial charge in [0.2, 0.25) is 0 Å². The Hall–Kier alpha value is -2.93. The largest absolute Gasteiger partial charge is 0.493 e. The molecule has 0 fully saturated rings. The first kappa shape index (κ1) is 19.4. The summed E-state index contributed by atoms with van der Waals surface area (Å²) in [6, 6.07) is 9.27. The van der Waals surface area contributed by atoms with E-state index in [9.17, 15) is 14.7 Å². The van der Waals surface area contributed by atoms with Crippen LogP contribution in [0.4, 0.5) is 5.69 Å². The average Bonchev–Trinajstić information content (AvgIpc) is 2.60. The normalized spacial score (nSPS) is 11.4. The fourth-order valence-electron chi connectivity index (χ4n) is 2.19. The first-order valence-electron chi connectivity index (χ1n) is 7.58. The molecule has 0 saturated heterocycles. The zero-order chi connectivity index (χ0) is 19.3. The minimum Gasteiger partial charge on any atom is -0.493 e. The van der Waals surface area contributed by atoms with E-state index in [0.717, 1.165) is 0 Å². The number of halogens is 1. The molecule has 0 saturated carbocycles. The fourth-order valence-corrected chi connectivity index (χ4v) is 2.37. The molecule has 2 aromatic rings. The molecule has 1 atom stereocenters. The van der Waals surface area contributed by atoms with Gasteiger partial charge < -0.3 is 24.6 Å². The topological polar surface area (TPSA) is 94.1 Å². The lowest BCUT2D eigenvalue weighted by atomic mass is 10.1. The highest BCUT2D eigenvalue weighted by atomic mass is 35.5. The summed E-state index contributed by atoms with van der Waals surface area (Å²) in [5.74, 6) is -0.794. The van der Waals surface area contributed by atoms with Crippen molar-refractivity contribution in [2.24, 2.45) is 0 Å². The zero-order valence-electron chi connectivity index (χ0n) is 14.4. The molecule has 0 radical (unpaired) electrons. The van der Waals surface area contributed by atoms with Crippen molar-refractivity contribution in [3.8, 4) is 17.2 Å². The lowest BCUT2D eigenvalue weighted by molar-refractivity contribution is -0.122. The predicted molar refractivity (Wildman–Crippen MR) is 96.7 cm³/mol. The first-order valence-corrected chi connectivity index (χ1v) is 7.96. The Morgan fingerprint density at radius 3 is 2.35 bits per heavy atom. The van der Waals surface area contributed by atoms with Crippen molar-refractivity contribution in [3.63, 3.8) is 0 Å². The Morgan fingerprint density at radius 2 is 1.77 bits per heavy atom. The molecule has 0 spiro atoms. The van der Waals surface area contributed by atoms with Crippen molar-refractivity contribution in [1.82, 2.24) is 0 Å². The molecule has 2 rings (SSSR count). The second-order valence-electron chi connectivity index (χ2n) is 5.26. The molecule has 0 aliphatic rings. The molecule has 0 heterocycles. The van der Waals surface area contributed by atoms with Gasteiger partial charge in [0, 0.05) is 17.2 Å². The van der Waals surface area contributed by atoms with Gasteiger partial charge in [-0.25, -0.2) is 4.79 Å². The number of anilines is 1. The average molecular weight is 380 g/mol. The number of methoxy groups -OCH3 is 2. The summed E-state index contributed by atoms with van der Waals surface area (Å²) in [7, 11) is 2.80. The molecule has 26 heavy (non-hydrogen) atoms. The molecule has 0 bridgehead atoms. The number of nitrogens with one attached hydrogen (secondary N) is 1. The summed E-state index contributed by atoms with van der Waals surface area (Å²) in [5.41, 5.74) is -0.0624. The highest BCUT2D eigenvalue weighted by Crippen LogP contribution is 2.33. The molecular formula is C18H18ClNO6. The van der Waals surface area contributed by atoms with Crippen molar-refractivity contribution >= 4 is 29.2 Å². The van der Waals surface area contributed by atoms with E-state index in [4.69, 9.17) is 25.8 Å². The molecule has 0 aliphatic carbocycles. The van der Waals surface area contributed by atoms with Gasteiger partial charge in [0.15, 0.2) is 17.6 Å². The van der Waals surface area contributed by atoms with E-state index >= 15 is 0 Å². The van der Waals surface area contributed by atoms with Gasteiger partial charge >= 0.3 is 5.97 Å². The van der Waals surface area contributed by atoms with Gasteiger partial charge in [0.05, 0.1) is 25.5 Å². The number of carbonyl (C=O) groups is 2. The van der Waals surface area contributed by atoms with Crippen LogP contribution in [0.5, 0.6) is 17.2 Å². The van der Waals surface area contributed by atoms with Gasteiger partial charge in [-0.05, 0) is 25.1 Å². The van der Waals surface area contributed by atoms with Crippen molar-refractivity contribution in [1.29, 1.82) is 0 Å². The third-order valence-electron chi connectivity index (χ3n) is 3.49. The van der Waals surface area contributed by atoms with Gasteiger partial charge in [-0.2, -0.15) is 0 Å². The monoisotopic (exact) mass is 379 g/mol. The molecule has 8 heteroatoms. The molecule has 2 N–H and O–H groups in total. The number of hydrogen-bond acceptors (Lipinski definition) is 5. The molecule has 7 nitrogen and oxygen atoms in total. The van der Waals surface area contributed by atoms with E-state index in [2.05, 4.69) is 5.32 Å². The van der Waals surface area contributed by atoms with Crippen LogP contribution in [0.1, 0.15) is 17.3 Å². The number of ether oxygens (including phenoxy) is 3. The predicted octanol–water partition coefficient (Wildman–Crippen LogP) is 3.46. The van der Waals surface area contributed by atoms with E-state index in [-0.39, 0.29) is 22.7 Å². The second kappa shape index (κ2) is 8.44. The molecule has 138 valence electrons. The number of carboxylic acid groups (broad SMARTS) is 1. The Balaban J connectivity index is 2.22. The van der Waals surface area contributed by atoms with Crippen LogP contribution in [0.25, 0.3) is 0 Å². The Morgan fingerprint density at radius 1 is 1.12 bits per heavy atom. The third-order valence-corrected chi connectivity index (χ3v) is 3.73. The molecule has 1 amide bonds. The third kappa shape index (κ3) is 4.58. The van der Waals surface area contributed by atoms with Crippen LogP contribution in [0.3, 0.4) is 0 Å². The van der Waals surface area contributed by atoms with E-state index < -0.39 is 18.0 Å². The summed E-state index contributed by atoms with van der Waals surface area (Å²) >= 11 is 5.88. The summed E-state index contributed by atoms with van der Waals surface area (Å²) in [5, 5.41) is 12.4. The lowest BCUT2D eigenvalue weighted by Gasteiger charge is -2.17. The van der Waals surface area contributed by atoms with Crippen LogP contribution < -0.4 is 19.5 Å². The fraction of sp³-hybridized carbons (Fsp3) is 0.222. The number of rotatable bonds is 7. The van der Waals surface area contributed by atoms with Crippen LogP contribution in [-0.4, -0.2) is 37.3 Å². The lowest BCUT2D eigenvalue weighted by Crippen LogP contribution is -2.30. The van der Waals surface area contributed by atoms with Gasteiger partial charge in [0.25, 0.3) is 5.91 Å². The number of carboxylic acids is 1. The van der Waals surface area contributed by atoms with Gasteiger partial charge in [-0.1, -0.05) is 17.7 Å². The molecular weight excluding hydrogens is 362 g/mol. The summed E-state index contributed by atoms with van der Waals surface area (Å²) in [6.45, 7) is 1.54. The summed E-state index contributed by atoms with van der Waals surface area (Å²) < 4.78 is 15.8. The van der Waals surface area contributed by atoms with E-state index in [1.54, 1.807) is 24.3 Å². The van der Waals surface area contributed by atoms with E-state index in [1.165, 1.54) is 33.3 Å². The maximum Gasteiger partial charge on any atom is 0.337 e. The Kier molecular flexibility index (Phi) is 6.30. The Bertz CT molecular complexity index is 823. The smallest absolute Gasteiger partial charge is 0.337 e. The van der Waals surface area contributed by atoms with E-state index in [1.807, 2.05) is 0 Å². The van der Waals surface area contributed by atoms with Crippen molar-refractivity contribution < 1.29 is 28.9 Å². The molecule has 2 aromatic carbocycles. The summed E-state index contributed by atoms with van der Waals surface area (Å²) in [4.78, 5) is 23.9. The maximum absolute atomic E-state index is 12.4. The standard InChI is InChI=1S/C18H18ClNO6/c1-10(26-12-6-4-5-11(19)7-12)17(21)20-14-9-16(25-3)15(24-2)8-13(14)18(22)23/h4-10H,1-3H3,(H,20,21)(H,22,23)/t10-/m1/s1. The molecule has 0 aromatic heterocycles. The van der Waals surface area contributed by atoms with Crippen molar-refractivity contribution in [2.75, 3.05) is 19.5 Å². The molecule has 0 unspecified atom stereocenters. The number of carbonyl (C=O) groups excluding carboxylic acids is 1. The first-order chi connectivity index (χ1) is 12.3. The minimum absolute atomic E-state index is 0.0710. The van der Waals surface area contributed by atoms with Gasteiger partial charge in [-0.3, -0.25) is 4.79 Å². The highest BCUT2D eigenvalue weighted by molar-refractivity contribution is 6.30. The van der Waals surface area contributed by atoms with E-state index in [0.29, 0.717) is 10.8 Å². The van der Waals surface area contributed by atoms with Gasteiger partial charge in [0.1, 0.15) is 5.75 Å². The van der Waals surface area contributed by atoms with Crippen LogP contribution in [0.2, 0.25) is 5.02 Å².